The molecule has 2 nitrogen and oxygen atoms in total. The Morgan fingerprint density at radius 1 is 1.21 bits per heavy atom. The van der Waals surface area contributed by atoms with Gasteiger partial charge in [-0.2, -0.15) is 13.2 Å². The molecule has 5 heteroatoms. The molecule has 33 heavy (non-hydrogen) atoms. The standard InChI is InChI=1S/C28H36F3NO/c1-18-6-3-2-4-7-20(18)12-19-13-23-8-5-11-27(23,16-19)26(33)21-9-10-25-22(14-21)15-24(17-32-25)28(29,30)31/h2-3,15,17-21,23H,4-14,16H2,1H3/t18-,19-,20+,21?,23-,27-/m1/s1. The number of rotatable bonds is 4. The predicted molar refractivity (Wildman–Crippen MR) is 123 cm³/mol. The largest absolute Gasteiger partial charge is 0.417 e. The number of hydrogen-bond acceptors (Lipinski definition) is 2. The molecule has 0 radical (unpaired) electrons. The molecular weight excluding hydrogens is 423 g/mol. The van der Waals surface area contributed by atoms with E-state index in [9.17, 15) is 18.0 Å². The van der Waals surface area contributed by atoms with E-state index in [1.807, 2.05) is 0 Å². The summed E-state index contributed by atoms with van der Waals surface area (Å²) in [5.41, 5.74) is 0.468. The summed E-state index contributed by atoms with van der Waals surface area (Å²) < 4.78 is 39.6. The monoisotopic (exact) mass is 459 g/mol. The molecule has 0 saturated heterocycles. The van der Waals surface area contributed by atoms with Crippen molar-refractivity contribution < 1.29 is 18.0 Å². The minimum Gasteiger partial charge on any atom is -0.299 e. The Morgan fingerprint density at radius 3 is 2.88 bits per heavy atom. The van der Waals surface area contributed by atoms with Gasteiger partial charge in [-0.15, -0.1) is 0 Å². The van der Waals surface area contributed by atoms with E-state index in [4.69, 9.17) is 0 Å². The second-order valence-corrected chi connectivity index (χ2v) is 11.4. The number of carbonyl (C=O) groups excluding carboxylic acids is 1. The van der Waals surface area contributed by atoms with E-state index in [0.29, 0.717) is 41.9 Å². The van der Waals surface area contributed by atoms with Crippen molar-refractivity contribution in [3.8, 4) is 0 Å². The van der Waals surface area contributed by atoms with Crippen LogP contribution in [0, 0.1) is 35.0 Å². The third kappa shape index (κ3) is 4.41. The molecule has 2 saturated carbocycles. The highest BCUT2D eigenvalue weighted by atomic mass is 19.4. The van der Waals surface area contributed by atoms with Gasteiger partial charge in [0.1, 0.15) is 5.78 Å². The number of pyridine rings is 1. The Balaban J connectivity index is 1.31. The number of Topliss-reactive ketones (excluding diaryl/α,β-unsaturated/α-hetero) is 1. The number of halogens is 3. The van der Waals surface area contributed by atoms with Gasteiger partial charge in [0.2, 0.25) is 0 Å². The molecule has 4 aliphatic rings. The van der Waals surface area contributed by atoms with E-state index >= 15 is 0 Å². The highest BCUT2D eigenvalue weighted by molar-refractivity contribution is 5.88. The van der Waals surface area contributed by atoms with Crippen LogP contribution in [0.25, 0.3) is 0 Å². The normalized spacial score (nSPS) is 36.3. The average Bonchev–Trinajstić information content (AvgIpc) is 3.26. The fourth-order valence-corrected chi connectivity index (χ4v) is 7.76. The van der Waals surface area contributed by atoms with Crippen molar-refractivity contribution in [2.24, 2.45) is 35.0 Å². The molecule has 6 atom stereocenters. The van der Waals surface area contributed by atoms with Crippen molar-refractivity contribution in [2.45, 2.75) is 90.1 Å². The summed E-state index contributed by atoms with van der Waals surface area (Å²) in [6.07, 6.45) is 13.2. The van der Waals surface area contributed by atoms with E-state index in [-0.39, 0.29) is 11.3 Å². The smallest absolute Gasteiger partial charge is 0.299 e. The van der Waals surface area contributed by atoms with E-state index < -0.39 is 11.7 Å². The van der Waals surface area contributed by atoms with Gasteiger partial charge in [-0.1, -0.05) is 25.5 Å². The second kappa shape index (κ2) is 8.85. The Kier molecular flexibility index (Phi) is 6.20. The summed E-state index contributed by atoms with van der Waals surface area (Å²) in [6.45, 7) is 2.37. The van der Waals surface area contributed by atoms with Gasteiger partial charge in [-0.05, 0) is 106 Å². The van der Waals surface area contributed by atoms with Gasteiger partial charge >= 0.3 is 6.18 Å². The first-order valence-corrected chi connectivity index (χ1v) is 13.0. The molecule has 1 aromatic heterocycles. The van der Waals surface area contributed by atoms with Crippen molar-refractivity contribution >= 4 is 5.78 Å². The summed E-state index contributed by atoms with van der Waals surface area (Å²) in [5.74, 6) is 2.77. The number of aryl methyl sites for hydroxylation is 1. The number of hydrogen-bond donors (Lipinski definition) is 0. The average molecular weight is 460 g/mol. The molecule has 2 fully saturated rings. The lowest BCUT2D eigenvalue weighted by molar-refractivity contribution is -0.137. The maximum Gasteiger partial charge on any atom is 0.417 e. The summed E-state index contributed by atoms with van der Waals surface area (Å²) in [7, 11) is 0. The van der Waals surface area contributed by atoms with E-state index in [1.54, 1.807) is 0 Å². The van der Waals surface area contributed by atoms with E-state index in [0.717, 1.165) is 49.9 Å². The van der Waals surface area contributed by atoms with Crippen LogP contribution in [0.2, 0.25) is 0 Å². The third-order valence-corrected chi connectivity index (χ3v) is 9.49. The molecule has 0 N–H and O–H groups in total. The fraction of sp³-hybridized carbons (Fsp3) is 0.714. The fourth-order valence-electron chi connectivity index (χ4n) is 7.76. The Labute approximate surface area is 195 Å². The zero-order chi connectivity index (χ0) is 23.2. The predicted octanol–water partition coefficient (Wildman–Crippen LogP) is 7.35. The number of nitrogens with zero attached hydrogens (tertiary/aromatic N) is 1. The third-order valence-electron chi connectivity index (χ3n) is 9.49. The Hall–Kier alpha value is -1.65. The minimum absolute atomic E-state index is 0.150. The van der Waals surface area contributed by atoms with Crippen LogP contribution in [0.1, 0.15) is 88.0 Å². The summed E-state index contributed by atoms with van der Waals surface area (Å²) in [5, 5.41) is 0. The highest BCUT2D eigenvalue weighted by Gasteiger charge is 2.56. The molecule has 0 amide bonds. The minimum atomic E-state index is -4.39. The number of alkyl halides is 3. The molecule has 0 aromatic carbocycles. The molecule has 180 valence electrons. The molecule has 4 aliphatic carbocycles. The van der Waals surface area contributed by atoms with Gasteiger partial charge in [0.25, 0.3) is 0 Å². The van der Waals surface area contributed by atoms with Crippen molar-refractivity contribution in [1.29, 1.82) is 0 Å². The lowest BCUT2D eigenvalue weighted by Gasteiger charge is -2.34. The highest BCUT2D eigenvalue weighted by Crippen LogP contribution is 2.60. The molecule has 1 unspecified atom stereocenters. The zero-order valence-electron chi connectivity index (χ0n) is 19.7. The number of allylic oxidation sites excluding steroid dienone is 2. The lowest BCUT2D eigenvalue weighted by atomic mass is 9.68. The Morgan fingerprint density at radius 2 is 2.06 bits per heavy atom. The lowest BCUT2D eigenvalue weighted by Crippen LogP contribution is -2.38. The molecule has 0 spiro atoms. The maximum atomic E-state index is 14.0. The Bertz CT molecular complexity index is 922. The number of aromatic nitrogens is 1. The molecular formula is C28H36F3NO. The SMILES string of the molecule is C[C@@H]1CC=CCC[C@H]1C[C@@H]1C[C@H]2CCC[C@@]2(C(=O)C2CCc3ncc(C(F)(F)F)cc3C2)C1. The summed E-state index contributed by atoms with van der Waals surface area (Å²) in [4.78, 5) is 18.1. The molecule has 1 heterocycles. The van der Waals surface area contributed by atoms with Gasteiger partial charge in [-0.3, -0.25) is 9.78 Å². The zero-order valence-corrected chi connectivity index (χ0v) is 19.7. The molecule has 5 rings (SSSR count). The topological polar surface area (TPSA) is 30.0 Å². The summed E-state index contributed by atoms with van der Waals surface area (Å²) >= 11 is 0. The van der Waals surface area contributed by atoms with Crippen LogP contribution < -0.4 is 0 Å². The van der Waals surface area contributed by atoms with E-state index in [1.165, 1.54) is 38.2 Å². The number of ketones is 1. The molecule has 0 aliphatic heterocycles. The van der Waals surface area contributed by atoms with Crippen LogP contribution in [0.15, 0.2) is 24.4 Å². The molecule has 1 aromatic rings. The first-order chi connectivity index (χ1) is 15.8. The van der Waals surface area contributed by atoms with Gasteiger partial charge in [0, 0.05) is 23.2 Å². The number of carbonyl (C=O) groups is 1. The first kappa shape index (κ1) is 23.1. The van der Waals surface area contributed by atoms with Crippen LogP contribution in [-0.2, 0) is 23.8 Å². The first-order valence-electron chi connectivity index (χ1n) is 13.0. The number of fused-ring (bicyclic) bond motifs is 2. The van der Waals surface area contributed by atoms with Crippen molar-refractivity contribution in [2.75, 3.05) is 0 Å². The van der Waals surface area contributed by atoms with Crippen LogP contribution in [-0.4, -0.2) is 10.8 Å². The van der Waals surface area contributed by atoms with Gasteiger partial charge in [-0.25, -0.2) is 0 Å². The van der Waals surface area contributed by atoms with Crippen molar-refractivity contribution in [3.05, 3.63) is 41.2 Å². The van der Waals surface area contributed by atoms with Crippen molar-refractivity contribution in [1.82, 2.24) is 4.98 Å². The molecule has 0 bridgehead atoms. The van der Waals surface area contributed by atoms with Crippen LogP contribution >= 0.6 is 0 Å². The van der Waals surface area contributed by atoms with E-state index in [2.05, 4.69) is 24.1 Å². The van der Waals surface area contributed by atoms with Gasteiger partial charge in [0.15, 0.2) is 0 Å². The summed E-state index contributed by atoms with van der Waals surface area (Å²) in [6, 6.07) is 1.24. The van der Waals surface area contributed by atoms with Gasteiger partial charge in [0.05, 0.1) is 5.56 Å². The maximum absolute atomic E-state index is 14.0. The quantitative estimate of drug-likeness (QED) is 0.441. The van der Waals surface area contributed by atoms with Crippen molar-refractivity contribution in [3.63, 3.8) is 0 Å². The van der Waals surface area contributed by atoms with Crippen LogP contribution in [0.3, 0.4) is 0 Å². The van der Waals surface area contributed by atoms with Crippen LogP contribution in [0.4, 0.5) is 13.2 Å². The second-order valence-electron chi connectivity index (χ2n) is 11.4. The van der Waals surface area contributed by atoms with Gasteiger partial charge < -0.3 is 0 Å². The van der Waals surface area contributed by atoms with Crippen LogP contribution in [0.5, 0.6) is 0 Å².